The van der Waals surface area contributed by atoms with E-state index in [1.165, 1.54) is 72.3 Å². The fourth-order valence-corrected chi connectivity index (χ4v) is 18.3. The van der Waals surface area contributed by atoms with Gasteiger partial charge in [-0.15, -0.1) is 0 Å². The molecule has 0 atom stereocenters. The molecule has 18 rings (SSSR count). The Bertz CT molecular complexity index is 6850. The summed E-state index contributed by atoms with van der Waals surface area (Å²) in [6.07, 6.45) is 0. The van der Waals surface area contributed by atoms with Gasteiger partial charge in [0.05, 0.1) is 28.7 Å². The van der Waals surface area contributed by atoms with E-state index in [4.69, 9.17) is 37.9 Å². The molecule has 0 amide bonds. The maximum Gasteiger partial charge on any atom is 0.881 e. The molecule has 5 radical (unpaired) electrons. The van der Waals surface area contributed by atoms with Gasteiger partial charge in [0.15, 0.2) is 0 Å². The molecule has 0 N–H and O–H groups in total. The molecule has 0 bridgehead atoms. The molecule has 128 heavy (non-hydrogen) atoms. The predicted octanol–water partition coefficient (Wildman–Crippen LogP) is 25.8. The summed E-state index contributed by atoms with van der Waals surface area (Å²) in [5.74, 6) is 8.15. The zero-order valence-electron chi connectivity index (χ0n) is 74.7. The summed E-state index contributed by atoms with van der Waals surface area (Å²) in [5, 5.41) is 5.55. The van der Waals surface area contributed by atoms with Gasteiger partial charge in [0.2, 0.25) is 0 Å². The average Bonchev–Trinajstić information content (AvgIpc) is 0.798. The minimum Gasteiger partial charge on any atom is -0.616 e. The number of para-hydroxylation sites is 6. The van der Waals surface area contributed by atoms with Gasteiger partial charge in [-0.05, 0) is 290 Å². The molecule has 20 heteroatoms. The third kappa shape index (κ3) is 24.3. The van der Waals surface area contributed by atoms with Crippen LogP contribution in [0.15, 0.2) is 315 Å². The fraction of sp³-hybridized carbons (Fsp3) is 0.139. The zero-order chi connectivity index (χ0) is 89.6. The summed E-state index contributed by atoms with van der Waals surface area (Å²) >= 11 is -3.36. The first kappa shape index (κ1) is 91.8. The number of benzene rings is 13. The molecule has 0 fully saturated rings. The van der Waals surface area contributed by atoms with E-state index in [2.05, 4.69) is 222 Å². The van der Waals surface area contributed by atoms with E-state index >= 15 is 0 Å². The second kappa shape index (κ2) is 44.3. The van der Waals surface area contributed by atoms with Crippen LogP contribution in [0.25, 0.3) is 87.9 Å². The Morgan fingerprint density at radius 3 is 0.992 bits per heavy atom. The largest absolute Gasteiger partial charge is 0.881 e. The van der Waals surface area contributed by atoms with Gasteiger partial charge in [-0.3, -0.25) is 0 Å². The summed E-state index contributed by atoms with van der Waals surface area (Å²) in [6.45, 7) is 30.9. The molecule has 18 aromatic rings. The first-order valence-electron chi connectivity index (χ1n) is 42.3. The van der Waals surface area contributed by atoms with E-state index in [9.17, 15) is 0 Å². The first-order chi connectivity index (χ1) is 62.1. The van der Waals surface area contributed by atoms with Crippen molar-refractivity contribution in [2.24, 2.45) is 0 Å². The van der Waals surface area contributed by atoms with E-state index in [-0.39, 0.29) is 0 Å². The van der Waals surface area contributed by atoms with Gasteiger partial charge in [0, 0.05) is 61.0 Å². The van der Waals surface area contributed by atoms with Crippen molar-refractivity contribution in [1.82, 2.24) is 24.9 Å². The normalized spacial score (nSPS) is 10.6. The van der Waals surface area contributed by atoms with Crippen molar-refractivity contribution in [2.75, 3.05) is 0 Å². The van der Waals surface area contributed by atoms with Crippen LogP contribution in [0, 0.1) is 104 Å². The summed E-state index contributed by atoms with van der Waals surface area (Å²) in [5.41, 5.74) is 28.3. The molecule has 5 aromatic heterocycles. The molecule has 0 unspecified atom stereocenters. The van der Waals surface area contributed by atoms with Crippen LogP contribution in [0.1, 0.15) is 84.1 Å². The Balaban J connectivity index is 0.000000130. The lowest BCUT2D eigenvalue weighted by Crippen LogP contribution is -2.13. The minimum atomic E-state index is -0.710. The standard InChI is InChI=1S/3C12H10O.4C11H11NO.C10H9NO.C10H14O.C8H10O.5Al/c13-12-9-5-4-8-11(12)10-6-2-1-3-7-10;13-12-8-4-7-11(9-12)10-5-2-1-3-6-10;13-12-8-6-11(7-9-12)10-4-2-1-3-5-10;4*1-7-6-8(2)12-11-9(7)4-3-5-10(11)13;1-7-5-6-8-3-2-4-9(12)10(8)11-7;1-6-5-7(2)9(4)10(11)8(6)3;1-6-3-7(2)5-8(9)4-6;;;;;/h3*1-9,13H;4*3-6,13H,1-2H3;2-6,12H,1H3;5,11H,1-4H3;3-5,9H,1-2H3;;;;;/q;;;;;;;;;;5*+2/p-10. The highest BCUT2D eigenvalue weighted by Crippen LogP contribution is 2.36. The number of pyridine rings is 5. The summed E-state index contributed by atoms with van der Waals surface area (Å²) in [7, 11) is 0. The summed E-state index contributed by atoms with van der Waals surface area (Å²) in [4.78, 5) is 23.2. The second-order valence-electron chi connectivity index (χ2n) is 31.4. The van der Waals surface area contributed by atoms with Crippen molar-refractivity contribution in [3.8, 4) is 90.9 Å². The Hall–Kier alpha value is -12.4. The number of aromatic nitrogens is 5. The van der Waals surface area contributed by atoms with Gasteiger partial charge in [0.1, 0.15) is 56.3 Å². The number of nitrogens with zero attached hydrogens (tertiary/aromatic N) is 5. The van der Waals surface area contributed by atoms with E-state index in [0.717, 1.165) is 157 Å². The fourth-order valence-electron chi connectivity index (χ4n) is 15.1. The highest BCUT2D eigenvalue weighted by Gasteiger charge is 2.20. The Morgan fingerprint density at radius 2 is 0.531 bits per heavy atom. The van der Waals surface area contributed by atoms with Crippen LogP contribution in [-0.4, -0.2) is 104 Å². The average molecular weight is 1760 g/mol. The van der Waals surface area contributed by atoms with Gasteiger partial charge >= 0.3 is 79.4 Å². The SMILES string of the molecule is Cc1cc(C)c2cccc([O][Al][O]c3ccc(-c4ccccc4)cc3)c2n1.Cc1cc(C)c2cccc([O][Al][O]c3cccc(-c4ccccc4)c3)c2n1.Cc1cc(C)c2cccc([O][Al][O]c3ccccc3-c3ccccc3)c2n1.Cc1cc(C)cc([O][Al][O]c2cccc3c(C)cc(C)nc23)c1.Cc1ccc2cccc([O][Al][O]c3c(C)c(C)cc(C)c3C)c2n1. The van der Waals surface area contributed by atoms with Crippen molar-refractivity contribution in [2.45, 2.75) is 104 Å². The van der Waals surface area contributed by atoms with Crippen LogP contribution in [0.4, 0.5) is 0 Å². The van der Waals surface area contributed by atoms with Crippen LogP contribution in [-0.2, 0) is 0 Å². The smallest absolute Gasteiger partial charge is 0.616 e. The van der Waals surface area contributed by atoms with Crippen molar-refractivity contribution in [3.05, 3.63) is 400 Å². The number of rotatable bonds is 23. The molecule has 629 valence electrons. The zero-order valence-corrected chi connectivity index (χ0v) is 80.5. The van der Waals surface area contributed by atoms with Crippen LogP contribution in [0.3, 0.4) is 0 Å². The molecule has 0 aliphatic rings. The highest BCUT2D eigenvalue weighted by molar-refractivity contribution is 6.23. The van der Waals surface area contributed by atoms with E-state index in [1.54, 1.807) is 0 Å². The Kier molecular flexibility index (Phi) is 31.8. The minimum absolute atomic E-state index is 0.637. The number of fused-ring (bicyclic) bond motifs is 5. The van der Waals surface area contributed by atoms with Gasteiger partial charge in [-0.25, -0.2) is 24.9 Å². The van der Waals surface area contributed by atoms with Crippen molar-refractivity contribution >= 4 is 134 Å². The van der Waals surface area contributed by atoms with Crippen molar-refractivity contribution < 1.29 is 37.9 Å². The molecule has 0 aliphatic carbocycles. The highest BCUT2D eigenvalue weighted by atomic mass is 27.2. The predicted molar refractivity (Wildman–Crippen MR) is 523 cm³/mol. The maximum atomic E-state index is 6.05. The lowest BCUT2D eigenvalue weighted by atomic mass is 10.0. The molecular weight excluding hydrogens is 1660 g/mol. The monoisotopic (exact) mass is 1760 g/mol. The lowest BCUT2D eigenvalue weighted by molar-refractivity contribution is 0.456. The first-order valence-corrected chi connectivity index (χ1v) is 47.1. The van der Waals surface area contributed by atoms with Crippen LogP contribution in [0.2, 0.25) is 0 Å². The third-order valence-electron chi connectivity index (χ3n) is 21.5. The maximum absolute atomic E-state index is 6.05. The molecular formula is C108H97Al5N5O10. The summed E-state index contributed by atoms with van der Waals surface area (Å²) in [6, 6.07) is 106. The van der Waals surface area contributed by atoms with Crippen molar-refractivity contribution in [3.63, 3.8) is 0 Å². The van der Waals surface area contributed by atoms with Crippen LogP contribution in [0.5, 0.6) is 57.5 Å². The number of hydrogen-bond donors (Lipinski definition) is 0. The number of aryl methyl sites for hydroxylation is 13. The van der Waals surface area contributed by atoms with Gasteiger partial charge < -0.3 is 37.9 Å². The molecule has 0 saturated heterocycles. The van der Waals surface area contributed by atoms with Crippen molar-refractivity contribution in [1.29, 1.82) is 0 Å². The topological polar surface area (TPSA) is 157 Å². The molecule has 5 heterocycles. The van der Waals surface area contributed by atoms with E-state index < -0.39 is 79.4 Å². The molecule has 13 aromatic carbocycles. The quantitative estimate of drug-likeness (QED) is 0.0557. The van der Waals surface area contributed by atoms with Gasteiger partial charge in [-0.2, -0.15) is 0 Å². The van der Waals surface area contributed by atoms with Gasteiger partial charge in [0.25, 0.3) is 0 Å². The van der Waals surface area contributed by atoms with E-state index in [1.807, 2.05) is 223 Å². The molecule has 0 saturated carbocycles. The van der Waals surface area contributed by atoms with E-state index in [0.29, 0.717) is 0 Å². The molecule has 0 aliphatic heterocycles. The second-order valence-corrected chi connectivity index (χ2v) is 34.8. The van der Waals surface area contributed by atoms with Gasteiger partial charge in [-0.1, -0.05) is 212 Å². The Morgan fingerprint density at radius 1 is 0.195 bits per heavy atom. The Labute approximate surface area is 784 Å². The van der Waals surface area contributed by atoms with Crippen LogP contribution < -0.4 is 37.9 Å². The third-order valence-corrected chi connectivity index (χ3v) is 25.0. The molecule has 0 spiro atoms. The molecule has 15 nitrogen and oxygen atoms in total. The summed E-state index contributed by atoms with van der Waals surface area (Å²) < 4.78 is 59.5. The lowest BCUT2D eigenvalue weighted by Gasteiger charge is -2.17. The number of hydrogen-bond acceptors (Lipinski definition) is 15. The van der Waals surface area contributed by atoms with Crippen LogP contribution >= 0.6 is 0 Å².